The predicted molar refractivity (Wildman–Crippen MR) is 56.5 cm³/mol. The van der Waals surface area contributed by atoms with Crippen LogP contribution in [-0.4, -0.2) is 16.8 Å². The van der Waals surface area contributed by atoms with Gasteiger partial charge in [-0.25, -0.2) is 0 Å². The number of phenols is 1. The Hall–Kier alpha value is -0.770. The van der Waals surface area contributed by atoms with Crippen LogP contribution in [0.2, 0.25) is 5.02 Å². The lowest BCUT2D eigenvalue weighted by Crippen LogP contribution is -2.37. The van der Waals surface area contributed by atoms with Crippen molar-refractivity contribution < 1.29 is 10.2 Å². The molecule has 0 saturated carbocycles. The summed E-state index contributed by atoms with van der Waals surface area (Å²) in [4.78, 5) is 0. The van der Waals surface area contributed by atoms with Crippen LogP contribution in [0.3, 0.4) is 0 Å². The zero-order valence-corrected chi connectivity index (χ0v) is 8.97. The fraction of sp³-hybridized carbons (Fsp3) is 0.400. The third-order valence-electron chi connectivity index (χ3n) is 2.31. The number of rotatable bonds is 2. The van der Waals surface area contributed by atoms with Gasteiger partial charge < -0.3 is 15.9 Å². The Morgan fingerprint density at radius 2 is 2.07 bits per heavy atom. The highest BCUT2D eigenvalue weighted by molar-refractivity contribution is 6.31. The summed E-state index contributed by atoms with van der Waals surface area (Å²) in [6.45, 7) is 3.12. The van der Waals surface area contributed by atoms with E-state index in [-0.39, 0.29) is 12.4 Å². The van der Waals surface area contributed by atoms with Crippen molar-refractivity contribution in [2.45, 2.75) is 19.4 Å². The van der Waals surface area contributed by atoms with Gasteiger partial charge in [-0.2, -0.15) is 0 Å². The van der Waals surface area contributed by atoms with Crippen molar-refractivity contribution in [3.63, 3.8) is 0 Å². The van der Waals surface area contributed by atoms with E-state index in [2.05, 4.69) is 0 Å². The van der Waals surface area contributed by atoms with E-state index in [1.807, 2.05) is 0 Å². The summed E-state index contributed by atoms with van der Waals surface area (Å²) in [5, 5.41) is 19.3. The average Bonchev–Trinajstić information content (AvgIpc) is 2.14. The molecule has 0 radical (unpaired) electrons. The van der Waals surface area contributed by atoms with Gasteiger partial charge in [0.05, 0.1) is 12.1 Å². The molecule has 1 aromatic carbocycles. The second-order valence-corrected chi connectivity index (χ2v) is 4.05. The van der Waals surface area contributed by atoms with Gasteiger partial charge in [-0.15, -0.1) is 0 Å². The van der Waals surface area contributed by atoms with E-state index in [0.717, 1.165) is 0 Å². The van der Waals surface area contributed by atoms with Crippen LogP contribution in [0.5, 0.6) is 5.75 Å². The van der Waals surface area contributed by atoms with Crippen molar-refractivity contribution in [1.29, 1.82) is 0 Å². The molecule has 0 aliphatic carbocycles. The zero-order chi connectivity index (χ0) is 10.9. The third kappa shape index (κ3) is 1.85. The molecule has 1 rings (SSSR count). The SMILES string of the molecule is Cc1c(Cl)ccc([C@@](C)(N)CO)c1O. The minimum atomic E-state index is -0.945. The second-order valence-electron chi connectivity index (χ2n) is 3.64. The van der Waals surface area contributed by atoms with E-state index in [0.29, 0.717) is 16.1 Å². The molecule has 0 fully saturated rings. The Morgan fingerprint density at radius 3 is 2.57 bits per heavy atom. The van der Waals surface area contributed by atoms with Crippen molar-refractivity contribution in [2.24, 2.45) is 5.73 Å². The number of benzene rings is 1. The number of hydrogen-bond acceptors (Lipinski definition) is 3. The maximum atomic E-state index is 9.77. The van der Waals surface area contributed by atoms with Crippen LogP contribution in [0.4, 0.5) is 0 Å². The molecule has 1 aromatic rings. The Balaban J connectivity index is 3.31. The van der Waals surface area contributed by atoms with Gasteiger partial charge in [-0.05, 0) is 19.9 Å². The van der Waals surface area contributed by atoms with E-state index in [1.54, 1.807) is 26.0 Å². The van der Waals surface area contributed by atoms with E-state index in [1.165, 1.54) is 0 Å². The summed E-state index contributed by atoms with van der Waals surface area (Å²) >= 11 is 5.82. The van der Waals surface area contributed by atoms with Crippen LogP contribution in [0, 0.1) is 6.92 Å². The molecule has 0 spiro atoms. The first-order valence-corrected chi connectivity index (χ1v) is 4.66. The molecule has 0 aliphatic heterocycles. The summed E-state index contributed by atoms with van der Waals surface area (Å²) in [6.07, 6.45) is 0. The largest absolute Gasteiger partial charge is 0.507 e. The maximum absolute atomic E-state index is 9.77. The molecule has 0 bridgehead atoms. The van der Waals surface area contributed by atoms with Crippen LogP contribution in [-0.2, 0) is 5.54 Å². The van der Waals surface area contributed by atoms with Crippen molar-refractivity contribution >= 4 is 11.6 Å². The van der Waals surface area contributed by atoms with Gasteiger partial charge in [0.1, 0.15) is 5.75 Å². The summed E-state index contributed by atoms with van der Waals surface area (Å²) in [6, 6.07) is 3.29. The highest BCUT2D eigenvalue weighted by Crippen LogP contribution is 2.33. The fourth-order valence-electron chi connectivity index (χ4n) is 1.22. The number of aliphatic hydroxyl groups is 1. The zero-order valence-electron chi connectivity index (χ0n) is 8.21. The summed E-state index contributed by atoms with van der Waals surface area (Å²) in [5.41, 5.74) is 5.94. The lowest BCUT2D eigenvalue weighted by atomic mass is 9.92. The molecule has 78 valence electrons. The molecule has 4 N–H and O–H groups in total. The molecule has 1 atom stereocenters. The van der Waals surface area contributed by atoms with Gasteiger partial charge in [0, 0.05) is 16.1 Å². The predicted octanol–water partition coefficient (Wildman–Crippen LogP) is 1.52. The van der Waals surface area contributed by atoms with Crippen LogP contribution >= 0.6 is 11.6 Å². The molecule has 3 nitrogen and oxygen atoms in total. The van der Waals surface area contributed by atoms with Gasteiger partial charge in [0.2, 0.25) is 0 Å². The fourth-order valence-corrected chi connectivity index (χ4v) is 1.37. The van der Waals surface area contributed by atoms with Crippen LogP contribution in [0.1, 0.15) is 18.1 Å². The molecular formula is C10H14ClNO2. The van der Waals surface area contributed by atoms with Crippen LogP contribution in [0.15, 0.2) is 12.1 Å². The van der Waals surface area contributed by atoms with Gasteiger partial charge in [0.15, 0.2) is 0 Å². The van der Waals surface area contributed by atoms with Crippen molar-refractivity contribution in [2.75, 3.05) is 6.61 Å². The third-order valence-corrected chi connectivity index (χ3v) is 2.72. The Kier molecular flexibility index (Phi) is 3.04. The highest BCUT2D eigenvalue weighted by atomic mass is 35.5. The molecule has 0 heterocycles. The number of phenolic OH excluding ortho intramolecular Hbond substituents is 1. The monoisotopic (exact) mass is 215 g/mol. The molecule has 4 heteroatoms. The summed E-state index contributed by atoms with van der Waals surface area (Å²) in [5.74, 6) is 0.0524. The molecule has 0 amide bonds. The standard InChI is InChI=1S/C10H14ClNO2/c1-6-8(11)4-3-7(9(6)14)10(2,12)5-13/h3-4,13-14H,5,12H2,1-2H3/t10-/m0/s1. The Morgan fingerprint density at radius 1 is 1.50 bits per heavy atom. The summed E-state index contributed by atoms with van der Waals surface area (Å²) in [7, 11) is 0. The molecule has 0 unspecified atom stereocenters. The molecule has 14 heavy (non-hydrogen) atoms. The number of halogens is 1. The van der Waals surface area contributed by atoms with E-state index in [4.69, 9.17) is 22.4 Å². The normalized spacial score (nSPS) is 15.2. The van der Waals surface area contributed by atoms with Crippen molar-refractivity contribution in [3.8, 4) is 5.75 Å². The average molecular weight is 216 g/mol. The highest BCUT2D eigenvalue weighted by Gasteiger charge is 2.24. The number of aromatic hydroxyl groups is 1. The topological polar surface area (TPSA) is 66.5 Å². The molecular weight excluding hydrogens is 202 g/mol. The minimum Gasteiger partial charge on any atom is -0.507 e. The van der Waals surface area contributed by atoms with Gasteiger partial charge in [0.25, 0.3) is 0 Å². The lowest BCUT2D eigenvalue weighted by molar-refractivity contribution is 0.207. The molecule has 0 aromatic heterocycles. The van der Waals surface area contributed by atoms with Crippen LogP contribution in [0.25, 0.3) is 0 Å². The second kappa shape index (κ2) is 3.77. The number of aliphatic hydroxyl groups excluding tert-OH is 1. The first-order chi connectivity index (χ1) is 6.40. The maximum Gasteiger partial charge on any atom is 0.125 e. The van der Waals surface area contributed by atoms with Crippen molar-refractivity contribution in [1.82, 2.24) is 0 Å². The molecule has 0 saturated heterocycles. The Bertz CT molecular complexity index is 350. The summed E-state index contributed by atoms with van der Waals surface area (Å²) < 4.78 is 0. The van der Waals surface area contributed by atoms with Crippen molar-refractivity contribution in [3.05, 3.63) is 28.3 Å². The molecule has 0 aliphatic rings. The number of hydrogen-bond donors (Lipinski definition) is 3. The van der Waals surface area contributed by atoms with E-state index < -0.39 is 5.54 Å². The van der Waals surface area contributed by atoms with Gasteiger partial charge >= 0.3 is 0 Å². The first kappa shape index (κ1) is 11.3. The van der Waals surface area contributed by atoms with E-state index >= 15 is 0 Å². The van der Waals surface area contributed by atoms with Gasteiger partial charge in [-0.1, -0.05) is 17.7 Å². The smallest absolute Gasteiger partial charge is 0.125 e. The number of nitrogens with two attached hydrogens (primary N) is 1. The lowest BCUT2D eigenvalue weighted by Gasteiger charge is -2.24. The van der Waals surface area contributed by atoms with Gasteiger partial charge in [-0.3, -0.25) is 0 Å². The Labute approximate surface area is 88.1 Å². The minimum absolute atomic E-state index is 0.0524. The van der Waals surface area contributed by atoms with E-state index in [9.17, 15) is 5.11 Å². The van der Waals surface area contributed by atoms with Crippen LogP contribution < -0.4 is 5.73 Å². The quantitative estimate of drug-likeness (QED) is 0.701. The first-order valence-electron chi connectivity index (χ1n) is 4.28.